The first-order chi connectivity index (χ1) is 14.5. The van der Waals surface area contributed by atoms with Gasteiger partial charge < -0.3 is 10.6 Å². The fourth-order valence-electron chi connectivity index (χ4n) is 3.38. The van der Waals surface area contributed by atoms with Gasteiger partial charge in [0.15, 0.2) is 5.69 Å². The predicted molar refractivity (Wildman–Crippen MR) is 116 cm³/mol. The molecule has 12 heteroatoms. The van der Waals surface area contributed by atoms with Gasteiger partial charge in [0.2, 0.25) is 5.91 Å². The molecule has 12 nitrogen and oxygen atoms in total. The van der Waals surface area contributed by atoms with Crippen LogP contribution in [0.3, 0.4) is 0 Å². The van der Waals surface area contributed by atoms with Crippen molar-refractivity contribution in [2.24, 2.45) is 5.92 Å². The molecule has 2 rings (SSSR count). The van der Waals surface area contributed by atoms with Crippen molar-refractivity contribution in [1.82, 2.24) is 19.3 Å². The average Bonchev–Trinajstić information content (AvgIpc) is 2.93. The van der Waals surface area contributed by atoms with Crippen molar-refractivity contribution in [1.29, 1.82) is 0 Å². The Morgan fingerprint density at radius 2 is 1.97 bits per heavy atom. The van der Waals surface area contributed by atoms with Crippen molar-refractivity contribution in [3.63, 3.8) is 0 Å². The molecule has 0 bridgehead atoms. The van der Waals surface area contributed by atoms with Gasteiger partial charge in [-0.05, 0) is 26.2 Å². The van der Waals surface area contributed by atoms with Crippen LogP contribution in [0.5, 0.6) is 0 Å². The lowest BCUT2D eigenvalue weighted by Crippen LogP contribution is -2.44. The first-order valence-electron chi connectivity index (χ1n) is 10.1. The van der Waals surface area contributed by atoms with Crippen LogP contribution in [0.1, 0.15) is 45.0 Å². The van der Waals surface area contributed by atoms with Crippen molar-refractivity contribution in [3.05, 3.63) is 42.3 Å². The third-order valence-electron chi connectivity index (χ3n) is 4.88. The fourth-order valence-corrected chi connectivity index (χ4v) is 3.38. The molecule has 0 fully saturated rings. The van der Waals surface area contributed by atoms with Crippen LogP contribution in [0.15, 0.2) is 9.59 Å². The number of nitrogens with two attached hydrogens (primary N) is 1. The summed E-state index contributed by atoms with van der Waals surface area (Å²) in [5.74, 6) is -0.629. The van der Waals surface area contributed by atoms with Crippen LogP contribution in [0, 0.1) is 29.9 Å². The summed E-state index contributed by atoms with van der Waals surface area (Å²) in [5, 5.41) is 15.3. The number of nitrogens with zero attached hydrogens (tertiary/aromatic N) is 5. The van der Waals surface area contributed by atoms with E-state index in [1.807, 2.05) is 20.8 Å². The van der Waals surface area contributed by atoms with Crippen molar-refractivity contribution in [3.8, 4) is 0 Å². The van der Waals surface area contributed by atoms with Gasteiger partial charge >= 0.3 is 11.4 Å². The maximum atomic E-state index is 13.2. The zero-order valence-electron chi connectivity index (χ0n) is 18.5. The van der Waals surface area contributed by atoms with E-state index in [1.54, 1.807) is 0 Å². The maximum absolute atomic E-state index is 13.2. The minimum atomic E-state index is -0.761. The topological polar surface area (TPSA) is 162 Å². The Morgan fingerprint density at radius 1 is 1.32 bits per heavy atom. The van der Waals surface area contributed by atoms with Crippen LogP contribution in [0.4, 0.5) is 17.2 Å². The number of nitrogen functional groups attached to an aromatic ring is 1. The van der Waals surface area contributed by atoms with Gasteiger partial charge in [-0.3, -0.25) is 33.9 Å². The number of nitro groups is 1. The highest BCUT2D eigenvalue weighted by atomic mass is 16.6. The second kappa shape index (κ2) is 9.58. The number of carbonyl (C=O) groups excluding carboxylic acids is 1. The Bertz CT molecular complexity index is 1100. The van der Waals surface area contributed by atoms with E-state index in [0.29, 0.717) is 13.0 Å². The number of rotatable bonds is 9. The number of aryl methyl sites for hydroxylation is 1. The lowest BCUT2D eigenvalue weighted by molar-refractivity contribution is -0.386. The maximum Gasteiger partial charge on any atom is 0.330 e. The molecule has 3 N–H and O–H groups in total. The Balaban J connectivity index is 2.53. The molecule has 0 aliphatic carbocycles. The number of H-pyrrole nitrogens is 1. The van der Waals surface area contributed by atoms with Gasteiger partial charge in [0, 0.05) is 13.1 Å². The summed E-state index contributed by atoms with van der Waals surface area (Å²) in [5.41, 5.74) is 4.93. The van der Waals surface area contributed by atoms with E-state index in [2.05, 4.69) is 10.1 Å². The molecule has 0 spiro atoms. The zero-order chi connectivity index (χ0) is 23.5. The summed E-state index contributed by atoms with van der Waals surface area (Å²) in [6.07, 6.45) is 1.48. The molecule has 170 valence electrons. The highest BCUT2D eigenvalue weighted by Gasteiger charge is 2.28. The SMILES string of the molecule is CCCCn1c(N)c(N(CC(C)C)C(=O)Cn2nc(C)c([N+](=O)[O-])c2C)c(=O)[nH]c1=O. The van der Waals surface area contributed by atoms with Crippen LogP contribution in [-0.2, 0) is 17.9 Å². The Kier molecular flexibility index (Phi) is 7.37. The minimum Gasteiger partial charge on any atom is -0.383 e. The number of anilines is 2. The van der Waals surface area contributed by atoms with Crippen molar-refractivity contribution >= 4 is 23.1 Å². The molecule has 0 radical (unpaired) electrons. The number of aromatic nitrogens is 4. The van der Waals surface area contributed by atoms with E-state index in [0.717, 1.165) is 6.42 Å². The normalized spacial score (nSPS) is 11.2. The minimum absolute atomic E-state index is 0.0199. The molecule has 1 amide bonds. The van der Waals surface area contributed by atoms with Gasteiger partial charge in [0.25, 0.3) is 5.56 Å². The zero-order valence-corrected chi connectivity index (χ0v) is 18.5. The van der Waals surface area contributed by atoms with Gasteiger partial charge in [-0.2, -0.15) is 5.10 Å². The Hall–Kier alpha value is -3.44. The average molecular weight is 435 g/mol. The van der Waals surface area contributed by atoms with E-state index >= 15 is 0 Å². The van der Waals surface area contributed by atoms with E-state index in [9.17, 15) is 24.5 Å². The number of hydrogen-bond donors (Lipinski definition) is 2. The van der Waals surface area contributed by atoms with Crippen LogP contribution < -0.4 is 21.9 Å². The molecule has 2 heterocycles. The molecular weight excluding hydrogens is 406 g/mol. The molecule has 2 aromatic heterocycles. The molecule has 0 saturated carbocycles. The second-order valence-electron chi connectivity index (χ2n) is 7.83. The first kappa shape index (κ1) is 23.8. The summed E-state index contributed by atoms with van der Waals surface area (Å²) >= 11 is 0. The summed E-state index contributed by atoms with van der Waals surface area (Å²) in [7, 11) is 0. The van der Waals surface area contributed by atoms with E-state index in [1.165, 1.54) is 28.0 Å². The van der Waals surface area contributed by atoms with Gasteiger partial charge in [-0.15, -0.1) is 0 Å². The number of carbonyl (C=O) groups is 1. The van der Waals surface area contributed by atoms with Gasteiger partial charge in [0.1, 0.15) is 23.8 Å². The Morgan fingerprint density at radius 3 is 2.48 bits per heavy atom. The Labute approximate surface area is 178 Å². The molecule has 0 aliphatic rings. The van der Waals surface area contributed by atoms with Gasteiger partial charge in [-0.25, -0.2) is 4.79 Å². The summed E-state index contributed by atoms with van der Waals surface area (Å²) in [6.45, 7) is 8.83. The highest BCUT2D eigenvalue weighted by Crippen LogP contribution is 2.23. The van der Waals surface area contributed by atoms with Crippen LogP contribution in [-0.4, -0.2) is 36.7 Å². The molecule has 0 unspecified atom stereocenters. The standard InChI is InChI=1S/C19H29N7O5/c1-6-7-8-23-17(20)16(18(28)21-19(23)29)24(9-11(2)3)14(27)10-25-13(5)15(26(30)31)12(4)22-25/h11H,6-10,20H2,1-5H3,(H,21,28,29). The number of amides is 1. The highest BCUT2D eigenvalue weighted by molar-refractivity contribution is 5.95. The summed E-state index contributed by atoms with van der Waals surface area (Å²) in [4.78, 5) is 52.2. The van der Waals surface area contributed by atoms with Crippen LogP contribution >= 0.6 is 0 Å². The van der Waals surface area contributed by atoms with E-state index in [4.69, 9.17) is 5.73 Å². The van der Waals surface area contributed by atoms with Gasteiger partial charge in [-0.1, -0.05) is 27.2 Å². The monoisotopic (exact) mass is 435 g/mol. The molecule has 0 saturated heterocycles. The van der Waals surface area contributed by atoms with Crippen LogP contribution in [0.25, 0.3) is 0 Å². The second-order valence-corrected chi connectivity index (χ2v) is 7.83. The first-order valence-corrected chi connectivity index (χ1v) is 10.1. The van der Waals surface area contributed by atoms with Crippen molar-refractivity contribution in [2.75, 3.05) is 17.2 Å². The molecule has 2 aromatic rings. The largest absolute Gasteiger partial charge is 0.383 e. The summed E-state index contributed by atoms with van der Waals surface area (Å²) < 4.78 is 2.48. The molecular formula is C19H29N7O5. The van der Waals surface area contributed by atoms with Crippen molar-refractivity contribution < 1.29 is 9.72 Å². The quantitative estimate of drug-likeness (QED) is 0.443. The van der Waals surface area contributed by atoms with Crippen molar-refractivity contribution in [2.45, 2.75) is 60.5 Å². The molecule has 31 heavy (non-hydrogen) atoms. The van der Waals surface area contributed by atoms with Crippen LogP contribution in [0.2, 0.25) is 0 Å². The molecule has 0 aromatic carbocycles. The third kappa shape index (κ3) is 5.01. The predicted octanol–water partition coefficient (Wildman–Crippen LogP) is 1.33. The molecule has 0 atom stereocenters. The summed E-state index contributed by atoms with van der Waals surface area (Å²) in [6, 6.07) is 0. The fraction of sp³-hybridized carbons (Fsp3) is 0.579. The van der Waals surface area contributed by atoms with E-state index in [-0.39, 0.29) is 47.6 Å². The lowest BCUT2D eigenvalue weighted by atomic mass is 10.2. The van der Waals surface area contributed by atoms with E-state index < -0.39 is 22.1 Å². The number of aromatic amines is 1. The molecule has 0 aliphatic heterocycles. The number of hydrogen-bond acceptors (Lipinski definition) is 7. The smallest absolute Gasteiger partial charge is 0.330 e. The number of unbranched alkanes of at least 4 members (excludes halogenated alkanes) is 1. The third-order valence-corrected chi connectivity index (χ3v) is 4.88. The van der Waals surface area contributed by atoms with Gasteiger partial charge in [0.05, 0.1) is 4.92 Å². The number of nitrogens with one attached hydrogen (secondary N) is 1. The lowest BCUT2D eigenvalue weighted by Gasteiger charge is -2.26.